The maximum atomic E-state index is 11.9. The van der Waals surface area contributed by atoms with Gasteiger partial charge in [-0.25, -0.2) is 4.79 Å². The van der Waals surface area contributed by atoms with E-state index in [2.05, 4.69) is 17.6 Å². The number of nitrogens with one attached hydrogen (secondary N) is 2. The Kier molecular flexibility index (Phi) is 5.26. The molecule has 0 unspecified atom stereocenters. The predicted molar refractivity (Wildman–Crippen MR) is 78.4 cm³/mol. The predicted octanol–water partition coefficient (Wildman–Crippen LogP) is 1.88. The normalized spacial score (nSPS) is 21.6. The molecule has 1 aliphatic carbocycles. The van der Waals surface area contributed by atoms with Gasteiger partial charge in [-0.15, -0.1) is 0 Å². The second-order valence-corrected chi connectivity index (χ2v) is 6.50. The molecule has 5 nitrogen and oxygen atoms in total. The van der Waals surface area contributed by atoms with Crippen molar-refractivity contribution < 1.29 is 9.59 Å². The molecule has 1 heterocycles. The fourth-order valence-corrected chi connectivity index (χ4v) is 3.17. The third-order valence-electron chi connectivity index (χ3n) is 4.60. The van der Waals surface area contributed by atoms with Gasteiger partial charge in [0.2, 0.25) is 5.91 Å². The lowest BCUT2D eigenvalue weighted by atomic mass is 9.89. The van der Waals surface area contributed by atoms with E-state index in [0.717, 1.165) is 25.9 Å². The van der Waals surface area contributed by atoms with Gasteiger partial charge < -0.3 is 15.5 Å². The van der Waals surface area contributed by atoms with E-state index >= 15 is 0 Å². The molecule has 2 rings (SSSR count). The number of carbonyl (C=O) groups excluding carboxylic acids is 2. The molecule has 0 aromatic rings. The van der Waals surface area contributed by atoms with Crippen molar-refractivity contribution in [1.82, 2.24) is 15.5 Å². The summed E-state index contributed by atoms with van der Waals surface area (Å²) in [6.45, 7) is 4.71. The van der Waals surface area contributed by atoms with Crippen LogP contribution in [0.3, 0.4) is 0 Å². The van der Waals surface area contributed by atoms with Crippen LogP contribution in [0.5, 0.6) is 0 Å². The zero-order valence-corrected chi connectivity index (χ0v) is 12.5. The van der Waals surface area contributed by atoms with E-state index < -0.39 is 0 Å². The van der Waals surface area contributed by atoms with Gasteiger partial charge >= 0.3 is 6.03 Å². The van der Waals surface area contributed by atoms with E-state index in [1.807, 2.05) is 4.90 Å². The number of likely N-dealkylation sites (tertiary alicyclic amines) is 1. The highest BCUT2D eigenvalue weighted by Crippen LogP contribution is 2.36. The zero-order valence-electron chi connectivity index (χ0n) is 12.5. The lowest BCUT2D eigenvalue weighted by molar-refractivity contribution is -0.130. The van der Waals surface area contributed by atoms with Crippen LogP contribution in [0, 0.1) is 5.41 Å². The highest BCUT2D eigenvalue weighted by molar-refractivity contribution is 5.84. The number of hydrogen-bond acceptors (Lipinski definition) is 2. The molecule has 5 heteroatoms. The lowest BCUT2D eigenvalue weighted by Crippen LogP contribution is -2.46. The maximum Gasteiger partial charge on any atom is 0.315 e. The minimum absolute atomic E-state index is 0.0342. The number of hydrogen-bond donors (Lipinski definition) is 2. The fourth-order valence-electron chi connectivity index (χ4n) is 3.17. The summed E-state index contributed by atoms with van der Waals surface area (Å²) in [5.41, 5.74) is 0.244. The van der Waals surface area contributed by atoms with Gasteiger partial charge in [0.1, 0.15) is 0 Å². The average Bonchev–Trinajstić information content (AvgIpc) is 2.91. The first kappa shape index (κ1) is 15.1. The molecule has 2 aliphatic rings. The van der Waals surface area contributed by atoms with E-state index in [4.69, 9.17) is 0 Å². The van der Waals surface area contributed by atoms with E-state index in [1.54, 1.807) is 0 Å². The summed E-state index contributed by atoms with van der Waals surface area (Å²) in [5, 5.41) is 5.58. The molecule has 0 atom stereocenters. The number of carbonyl (C=O) groups is 2. The maximum absolute atomic E-state index is 11.9. The van der Waals surface area contributed by atoms with Crippen LogP contribution in [0.2, 0.25) is 0 Å². The Bertz CT molecular complexity index is 345. The average molecular weight is 281 g/mol. The van der Waals surface area contributed by atoms with Gasteiger partial charge in [-0.3, -0.25) is 4.79 Å². The third-order valence-corrected chi connectivity index (χ3v) is 4.60. The molecule has 0 bridgehead atoms. The van der Waals surface area contributed by atoms with Crippen LogP contribution in [0.25, 0.3) is 0 Å². The molecule has 114 valence electrons. The quantitative estimate of drug-likeness (QED) is 0.826. The van der Waals surface area contributed by atoms with Crippen LogP contribution in [-0.4, -0.2) is 43.0 Å². The first-order chi connectivity index (χ1) is 9.59. The molecule has 0 aromatic carbocycles. The first-order valence-corrected chi connectivity index (χ1v) is 7.89. The molecule has 3 amide bonds. The minimum atomic E-state index is -0.219. The highest BCUT2D eigenvalue weighted by atomic mass is 16.2. The SMILES string of the molecule is CC1(CNC(=O)NCC(=O)N2CCCCC2)CCCC1. The molecule has 0 spiro atoms. The zero-order chi connectivity index (χ0) is 14.4. The minimum Gasteiger partial charge on any atom is -0.341 e. The number of nitrogens with zero attached hydrogens (tertiary/aromatic N) is 1. The summed E-state index contributed by atoms with van der Waals surface area (Å²) in [6.07, 6.45) is 8.24. The summed E-state index contributed by atoms with van der Waals surface area (Å²) in [6, 6.07) is -0.219. The highest BCUT2D eigenvalue weighted by Gasteiger charge is 2.28. The number of amides is 3. The van der Waals surface area contributed by atoms with Gasteiger partial charge in [0.15, 0.2) is 0 Å². The van der Waals surface area contributed by atoms with Crippen molar-refractivity contribution in [3.8, 4) is 0 Å². The van der Waals surface area contributed by atoms with E-state index in [0.29, 0.717) is 6.54 Å². The first-order valence-electron chi connectivity index (χ1n) is 7.89. The Hall–Kier alpha value is -1.26. The van der Waals surface area contributed by atoms with E-state index in [-0.39, 0.29) is 23.9 Å². The largest absolute Gasteiger partial charge is 0.341 e. The summed E-state index contributed by atoms with van der Waals surface area (Å²) in [4.78, 5) is 25.5. The van der Waals surface area contributed by atoms with Crippen molar-refractivity contribution in [1.29, 1.82) is 0 Å². The Labute approximate surface area is 121 Å². The number of rotatable bonds is 4. The van der Waals surface area contributed by atoms with Crippen LogP contribution >= 0.6 is 0 Å². The Balaban J connectivity index is 1.63. The Morgan fingerprint density at radius 3 is 2.30 bits per heavy atom. The molecule has 2 N–H and O–H groups in total. The monoisotopic (exact) mass is 281 g/mol. The molecule has 1 aliphatic heterocycles. The molecular formula is C15H27N3O2. The fraction of sp³-hybridized carbons (Fsp3) is 0.867. The van der Waals surface area contributed by atoms with Gasteiger partial charge in [0.05, 0.1) is 6.54 Å². The molecular weight excluding hydrogens is 254 g/mol. The molecule has 2 fully saturated rings. The standard InChI is InChI=1S/C15H27N3O2/c1-15(7-3-4-8-15)12-17-14(20)16-11-13(19)18-9-5-2-6-10-18/h2-12H2,1H3,(H2,16,17,20). The summed E-state index contributed by atoms with van der Waals surface area (Å²) >= 11 is 0. The second kappa shape index (κ2) is 6.95. The van der Waals surface area contributed by atoms with Gasteiger partial charge in [-0.1, -0.05) is 19.8 Å². The number of urea groups is 1. The summed E-state index contributed by atoms with van der Waals surface area (Å²) < 4.78 is 0. The van der Waals surface area contributed by atoms with Crippen molar-refractivity contribution in [2.75, 3.05) is 26.2 Å². The smallest absolute Gasteiger partial charge is 0.315 e. The van der Waals surface area contributed by atoms with Crippen LogP contribution in [0.4, 0.5) is 4.79 Å². The van der Waals surface area contributed by atoms with E-state index in [9.17, 15) is 9.59 Å². The van der Waals surface area contributed by atoms with Crippen LogP contribution in [-0.2, 0) is 4.79 Å². The topological polar surface area (TPSA) is 61.4 Å². The third kappa shape index (κ3) is 4.39. The van der Waals surface area contributed by atoms with Crippen molar-refractivity contribution in [3.63, 3.8) is 0 Å². The van der Waals surface area contributed by atoms with Gasteiger partial charge in [-0.2, -0.15) is 0 Å². The van der Waals surface area contributed by atoms with Crippen LogP contribution < -0.4 is 10.6 Å². The molecule has 20 heavy (non-hydrogen) atoms. The van der Waals surface area contributed by atoms with Gasteiger partial charge in [0.25, 0.3) is 0 Å². The molecule has 0 aromatic heterocycles. The van der Waals surface area contributed by atoms with Crippen molar-refractivity contribution in [2.24, 2.45) is 5.41 Å². The van der Waals surface area contributed by atoms with Gasteiger partial charge in [0, 0.05) is 19.6 Å². The summed E-state index contributed by atoms with van der Waals surface area (Å²) in [5.74, 6) is 0.0342. The van der Waals surface area contributed by atoms with E-state index in [1.165, 1.54) is 32.1 Å². The van der Waals surface area contributed by atoms with Crippen molar-refractivity contribution >= 4 is 11.9 Å². The lowest BCUT2D eigenvalue weighted by Gasteiger charge is -2.27. The Morgan fingerprint density at radius 2 is 1.65 bits per heavy atom. The van der Waals surface area contributed by atoms with Crippen LogP contribution in [0.1, 0.15) is 51.9 Å². The van der Waals surface area contributed by atoms with Crippen molar-refractivity contribution in [2.45, 2.75) is 51.9 Å². The molecule has 1 saturated heterocycles. The second-order valence-electron chi connectivity index (χ2n) is 6.50. The van der Waals surface area contributed by atoms with Crippen molar-refractivity contribution in [3.05, 3.63) is 0 Å². The van der Waals surface area contributed by atoms with Crippen LogP contribution in [0.15, 0.2) is 0 Å². The molecule has 1 saturated carbocycles. The van der Waals surface area contributed by atoms with Gasteiger partial charge in [-0.05, 0) is 37.5 Å². The number of piperidine rings is 1. The Morgan fingerprint density at radius 1 is 1.00 bits per heavy atom. The molecule has 0 radical (unpaired) electrons. The summed E-state index contributed by atoms with van der Waals surface area (Å²) in [7, 11) is 0.